The number of nitrogens with one attached hydrogen (secondary N) is 1. The minimum atomic E-state index is 0.118. The maximum absolute atomic E-state index is 4.52. The Labute approximate surface area is 112 Å². The van der Waals surface area contributed by atoms with Crippen molar-refractivity contribution in [2.75, 3.05) is 7.05 Å². The summed E-state index contributed by atoms with van der Waals surface area (Å²) in [5, 5.41) is 10.4. The molecule has 1 N–H and O–H groups in total. The van der Waals surface area contributed by atoms with E-state index in [4.69, 9.17) is 0 Å². The molecule has 0 spiro atoms. The van der Waals surface area contributed by atoms with Gasteiger partial charge in [-0.15, -0.1) is 0 Å². The average Bonchev–Trinajstić information content (AvgIpc) is 2.86. The molecule has 19 heavy (non-hydrogen) atoms. The minimum Gasteiger partial charge on any atom is -0.308 e. The first kappa shape index (κ1) is 11.9. The Morgan fingerprint density at radius 3 is 2.58 bits per heavy atom. The molecule has 3 heteroatoms. The van der Waals surface area contributed by atoms with E-state index >= 15 is 0 Å². The molecular formula is C16H17N3. The van der Waals surface area contributed by atoms with Gasteiger partial charge in [-0.25, -0.2) is 0 Å². The van der Waals surface area contributed by atoms with Crippen LogP contribution in [0.5, 0.6) is 0 Å². The SMILES string of the molecule is CNC(c1ccn(C)n1)c1cccc2ccccc12. The van der Waals surface area contributed by atoms with Crippen LogP contribution in [0.15, 0.2) is 54.7 Å². The topological polar surface area (TPSA) is 29.9 Å². The van der Waals surface area contributed by atoms with Crippen LogP contribution in [0.4, 0.5) is 0 Å². The van der Waals surface area contributed by atoms with Crippen LogP contribution in [0.25, 0.3) is 10.8 Å². The van der Waals surface area contributed by atoms with Crippen LogP contribution in [0, 0.1) is 0 Å². The molecule has 2 aromatic carbocycles. The summed E-state index contributed by atoms with van der Waals surface area (Å²) in [7, 11) is 3.92. The van der Waals surface area contributed by atoms with Gasteiger partial charge in [-0.05, 0) is 29.4 Å². The Kier molecular flexibility index (Phi) is 3.05. The number of fused-ring (bicyclic) bond motifs is 1. The Balaban J connectivity index is 2.16. The second-order valence-electron chi connectivity index (χ2n) is 4.70. The first-order valence-electron chi connectivity index (χ1n) is 6.44. The van der Waals surface area contributed by atoms with Gasteiger partial charge in [0.05, 0.1) is 11.7 Å². The van der Waals surface area contributed by atoms with Gasteiger partial charge in [0.2, 0.25) is 0 Å². The van der Waals surface area contributed by atoms with Gasteiger partial charge in [-0.3, -0.25) is 4.68 Å². The molecule has 0 aliphatic carbocycles. The van der Waals surface area contributed by atoms with E-state index in [-0.39, 0.29) is 6.04 Å². The van der Waals surface area contributed by atoms with Gasteiger partial charge in [0.15, 0.2) is 0 Å². The molecule has 0 fully saturated rings. The summed E-state index contributed by atoms with van der Waals surface area (Å²) in [5.41, 5.74) is 2.31. The smallest absolute Gasteiger partial charge is 0.0839 e. The van der Waals surface area contributed by atoms with Crippen LogP contribution in [0.1, 0.15) is 17.3 Å². The first-order chi connectivity index (χ1) is 9.29. The molecule has 0 radical (unpaired) electrons. The lowest BCUT2D eigenvalue weighted by atomic mass is 9.97. The molecule has 1 unspecified atom stereocenters. The van der Waals surface area contributed by atoms with Gasteiger partial charge < -0.3 is 5.32 Å². The number of aromatic nitrogens is 2. The second-order valence-corrected chi connectivity index (χ2v) is 4.70. The van der Waals surface area contributed by atoms with Crippen molar-refractivity contribution in [2.45, 2.75) is 6.04 Å². The lowest BCUT2D eigenvalue weighted by Gasteiger charge is -2.16. The summed E-state index contributed by atoms with van der Waals surface area (Å²) in [5.74, 6) is 0. The van der Waals surface area contributed by atoms with Crippen molar-refractivity contribution in [3.05, 3.63) is 66.0 Å². The van der Waals surface area contributed by atoms with Crippen LogP contribution < -0.4 is 5.32 Å². The normalized spacial score (nSPS) is 12.7. The Hall–Kier alpha value is -2.13. The third kappa shape index (κ3) is 2.13. The summed E-state index contributed by atoms with van der Waals surface area (Å²) in [6.07, 6.45) is 1.98. The molecule has 1 heterocycles. The third-order valence-electron chi connectivity index (χ3n) is 3.45. The quantitative estimate of drug-likeness (QED) is 0.775. The van der Waals surface area contributed by atoms with E-state index in [0.29, 0.717) is 0 Å². The minimum absolute atomic E-state index is 0.118. The van der Waals surface area contributed by atoms with Crippen molar-refractivity contribution in [3.63, 3.8) is 0 Å². The fourth-order valence-electron chi connectivity index (χ4n) is 2.55. The fraction of sp³-hybridized carbons (Fsp3) is 0.188. The number of hydrogen-bond acceptors (Lipinski definition) is 2. The number of aryl methyl sites for hydroxylation is 1. The van der Waals surface area contributed by atoms with Crippen molar-refractivity contribution >= 4 is 10.8 Å². The van der Waals surface area contributed by atoms with Gasteiger partial charge in [0.25, 0.3) is 0 Å². The highest BCUT2D eigenvalue weighted by atomic mass is 15.3. The lowest BCUT2D eigenvalue weighted by molar-refractivity contribution is 0.645. The van der Waals surface area contributed by atoms with Crippen LogP contribution >= 0.6 is 0 Å². The summed E-state index contributed by atoms with van der Waals surface area (Å²) in [6.45, 7) is 0. The van der Waals surface area contributed by atoms with Gasteiger partial charge in [0, 0.05) is 13.2 Å². The number of benzene rings is 2. The van der Waals surface area contributed by atoms with E-state index < -0.39 is 0 Å². The largest absolute Gasteiger partial charge is 0.308 e. The van der Waals surface area contributed by atoms with Crippen LogP contribution in [-0.2, 0) is 7.05 Å². The van der Waals surface area contributed by atoms with Gasteiger partial charge in [-0.1, -0.05) is 42.5 Å². The molecule has 0 bridgehead atoms. The Morgan fingerprint density at radius 2 is 1.84 bits per heavy atom. The maximum Gasteiger partial charge on any atom is 0.0839 e. The molecule has 3 aromatic rings. The molecular weight excluding hydrogens is 234 g/mol. The summed E-state index contributed by atoms with van der Waals surface area (Å²) >= 11 is 0. The molecule has 1 atom stereocenters. The molecule has 3 nitrogen and oxygen atoms in total. The van der Waals surface area contributed by atoms with E-state index in [1.807, 2.05) is 25.0 Å². The van der Waals surface area contributed by atoms with Gasteiger partial charge >= 0.3 is 0 Å². The van der Waals surface area contributed by atoms with Crippen molar-refractivity contribution in [3.8, 4) is 0 Å². The summed E-state index contributed by atoms with van der Waals surface area (Å²) in [4.78, 5) is 0. The van der Waals surface area contributed by atoms with Gasteiger partial charge in [0.1, 0.15) is 0 Å². The first-order valence-corrected chi connectivity index (χ1v) is 6.44. The standard InChI is InChI=1S/C16H17N3/c1-17-16(15-10-11-19(2)18-15)14-9-5-7-12-6-3-4-8-13(12)14/h3-11,16-17H,1-2H3. The predicted octanol–water partition coefficient (Wildman–Crippen LogP) is 2.88. The monoisotopic (exact) mass is 251 g/mol. The highest BCUT2D eigenvalue weighted by Gasteiger charge is 2.16. The Morgan fingerprint density at radius 1 is 1.05 bits per heavy atom. The van der Waals surface area contributed by atoms with Crippen molar-refractivity contribution < 1.29 is 0 Å². The van der Waals surface area contributed by atoms with Crippen LogP contribution in [0.3, 0.4) is 0 Å². The number of hydrogen-bond donors (Lipinski definition) is 1. The zero-order valence-electron chi connectivity index (χ0n) is 11.2. The molecule has 96 valence electrons. The summed E-state index contributed by atoms with van der Waals surface area (Å²) in [6, 6.07) is 17.0. The van der Waals surface area contributed by atoms with Gasteiger partial charge in [-0.2, -0.15) is 5.10 Å². The van der Waals surface area contributed by atoms with E-state index in [1.165, 1.54) is 16.3 Å². The van der Waals surface area contributed by atoms with Crippen LogP contribution in [-0.4, -0.2) is 16.8 Å². The lowest BCUT2D eigenvalue weighted by Crippen LogP contribution is -2.18. The van der Waals surface area contributed by atoms with Crippen molar-refractivity contribution in [1.82, 2.24) is 15.1 Å². The second kappa shape index (κ2) is 4.86. The highest BCUT2D eigenvalue weighted by Crippen LogP contribution is 2.27. The molecule has 3 rings (SSSR count). The predicted molar refractivity (Wildman–Crippen MR) is 78.1 cm³/mol. The van der Waals surface area contributed by atoms with Crippen molar-refractivity contribution in [1.29, 1.82) is 0 Å². The molecule has 0 saturated heterocycles. The molecule has 1 aromatic heterocycles. The zero-order valence-corrected chi connectivity index (χ0v) is 11.2. The number of nitrogens with zero attached hydrogens (tertiary/aromatic N) is 2. The Bertz CT molecular complexity index is 695. The van der Waals surface area contributed by atoms with E-state index in [1.54, 1.807) is 0 Å². The third-order valence-corrected chi connectivity index (χ3v) is 3.45. The highest BCUT2D eigenvalue weighted by molar-refractivity contribution is 5.86. The fourth-order valence-corrected chi connectivity index (χ4v) is 2.55. The molecule has 0 amide bonds. The number of rotatable bonds is 3. The average molecular weight is 251 g/mol. The summed E-state index contributed by atoms with van der Waals surface area (Å²) < 4.78 is 1.84. The van der Waals surface area contributed by atoms with E-state index in [2.05, 4.69) is 58.9 Å². The van der Waals surface area contributed by atoms with E-state index in [0.717, 1.165) is 5.69 Å². The molecule has 0 aliphatic heterocycles. The van der Waals surface area contributed by atoms with Crippen LogP contribution in [0.2, 0.25) is 0 Å². The maximum atomic E-state index is 4.52. The van der Waals surface area contributed by atoms with Crippen molar-refractivity contribution in [2.24, 2.45) is 7.05 Å². The zero-order chi connectivity index (χ0) is 13.2. The molecule has 0 aliphatic rings. The van der Waals surface area contributed by atoms with E-state index in [9.17, 15) is 0 Å². The molecule has 0 saturated carbocycles.